The quantitative estimate of drug-likeness (QED) is 0.605. The van der Waals surface area contributed by atoms with Crippen molar-refractivity contribution in [3.8, 4) is 0 Å². The van der Waals surface area contributed by atoms with E-state index in [1.54, 1.807) is 0 Å². The third-order valence-electron chi connectivity index (χ3n) is 2.73. The van der Waals surface area contributed by atoms with Crippen LogP contribution in [0, 0.1) is 0 Å². The van der Waals surface area contributed by atoms with Gasteiger partial charge in [-0.15, -0.1) is 0 Å². The molecule has 19 heavy (non-hydrogen) atoms. The largest absolute Gasteiger partial charge is 0.465 e. The molecule has 1 heterocycles. The number of nitrogens with zero attached hydrogens (tertiary/aromatic N) is 1. The smallest absolute Gasteiger partial charge is 0.339 e. The highest BCUT2D eigenvalue weighted by atomic mass is 16.5. The molecule has 5 heteroatoms. The summed E-state index contributed by atoms with van der Waals surface area (Å²) in [5, 5.41) is 2.80. The summed E-state index contributed by atoms with van der Waals surface area (Å²) in [7, 11) is 1.30. The molecule has 0 aliphatic carbocycles. The van der Waals surface area contributed by atoms with Gasteiger partial charge in [-0.05, 0) is 18.6 Å². The molecule has 0 atom stereocenters. The predicted molar refractivity (Wildman–Crippen MR) is 72.1 cm³/mol. The van der Waals surface area contributed by atoms with Gasteiger partial charge >= 0.3 is 5.97 Å². The number of carbonyl (C=O) groups is 2. The lowest BCUT2D eigenvalue weighted by atomic mass is 10.2. The number of hydrogen-bond donors (Lipinski definition) is 1. The van der Waals surface area contributed by atoms with Gasteiger partial charge in [0, 0.05) is 12.7 Å². The Balaban J connectivity index is 2.42. The van der Waals surface area contributed by atoms with Crippen molar-refractivity contribution in [2.24, 2.45) is 0 Å². The SMILES string of the molecule is CCCCCCNC(=O)c1ccc(C(=O)OC)cn1. The first-order valence-corrected chi connectivity index (χ1v) is 6.51. The van der Waals surface area contributed by atoms with Crippen LogP contribution in [0.4, 0.5) is 0 Å². The van der Waals surface area contributed by atoms with Crippen molar-refractivity contribution < 1.29 is 14.3 Å². The fraction of sp³-hybridized carbons (Fsp3) is 0.500. The highest BCUT2D eigenvalue weighted by Gasteiger charge is 2.09. The van der Waals surface area contributed by atoms with Crippen molar-refractivity contribution in [1.29, 1.82) is 0 Å². The molecule has 0 bridgehead atoms. The monoisotopic (exact) mass is 264 g/mol. The van der Waals surface area contributed by atoms with E-state index < -0.39 is 5.97 Å². The van der Waals surface area contributed by atoms with Gasteiger partial charge in [-0.3, -0.25) is 9.78 Å². The van der Waals surface area contributed by atoms with Crippen LogP contribution in [-0.4, -0.2) is 30.5 Å². The number of carbonyl (C=O) groups excluding carboxylic acids is 2. The second-order valence-electron chi connectivity index (χ2n) is 4.24. The maximum absolute atomic E-state index is 11.7. The molecule has 104 valence electrons. The van der Waals surface area contributed by atoms with Crippen molar-refractivity contribution in [3.63, 3.8) is 0 Å². The number of pyridine rings is 1. The Morgan fingerprint density at radius 1 is 1.26 bits per heavy atom. The summed E-state index contributed by atoms with van der Waals surface area (Å²) in [6, 6.07) is 3.05. The van der Waals surface area contributed by atoms with Crippen molar-refractivity contribution in [2.45, 2.75) is 32.6 Å². The molecule has 0 spiro atoms. The van der Waals surface area contributed by atoms with E-state index >= 15 is 0 Å². The van der Waals surface area contributed by atoms with E-state index in [2.05, 4.69) is 22.0 Å². The number of esters is 1. The van der Waals surface area contributed by atoms with E-state index in [1.165, 1.54) is 38.3 Å². The van der Waals surface area contributed by atoms with Crippen LogP contribution >= 0.6 is 0 Å². The van der Waals surface area contributed by atoms with Gasteiger partial charge in [-0.2, -0.15) is 0 Å². The number of unbranched alkanes of at least 4 members (excludes halogenated alkanes) is 3. The lowest BCUT2D eigenvalue weighted by molar-refractivity contribution is 0.0599. The van der Waals surface area contributed by atoms with Gasteiger partial charge in [-0.1, -0.05) is 26.2 Å². The first-order valence-electron chi connectivity index (χ1n) is 6.51. The van der Waals surface area contributed by atoms with E-state index in [-0.39, 0.29) is 5.91 Å². The maximum atomic E-state index is 11.7. The van der Waals surface area contributed by atoms with Crippen LogP contribution in [0.25, 0.3) is 0 Å². The van der Waals surface area contributed by atoms with Crippen LogP contribution in [0.5, 0.6) is 0 Å². The lowest BCUT2D eigenvalue weighted by Crippen LogP contribution is -2.25. The van der Waals surface area contributed by atoms with Crippen molar-refractivity contribution in [2.75, 3.05) is 13.7 Å². The van der Waals surface area contributed by atoms with Crippen molar-refractivity contribution in [1.82, 2.24) is 10.3 Å². The number of aromatic nitrogens is 1. The third kappa shape index (κ3) is 5.07. The average Bonchev–Trinajstić information content (AvgIpc) is 2.46. The summed E-state index contributed by atoms with van der Waals surface area (Å²) in [6.07, 6.45) is 5.79. The molecule has 1 rings (SSSR count). The van der Waals surface area contributed by atoms with Gasteiger partial charge in [0.05, 0.1) is 12.7 Å². The summed E-state index contributed by atoms with van der Waals surface area (Å²) < 4.78 is 4.56. The van der Waals surface area contributed by atoms with E-state index in [4.69, 9.17) is 0 Å². The minimum atomic E-state index is -0.459. The Morgan fingerprint density at radius 3 is 2.63 bits per heavy atom. The molecular weight excluding hydrogens is 244 g/mol. The Labute approximate surface area is 113 Å². The number of rotatable bonds is 7. The normalized spacial score (nSPS) is 10.0. The van der Waals surface area contributed by atoms with Gasteiger partial charge in [0.2, 0.25) is 0 Å². The highest BCUT2D eigenvalue weighted by molar-refractivity contribution is 5.94. The first-order chi connectivity index (χ1) is 9.19. The zero-order valence-electron chi connectivity index (χ0n) is 11.4. The summed E-state index contributed by atoms with van der Waals surface area (Å²) in [5.41, 5.74) is 0.644. The van der Waals surface area contributed by atoms with Gasteiger partial charge in [-0.25, -0.2) is 4.79 Å². The molecule has 0 aliphatic rings. The third-order valence-corrected chi connectivity index (χ3v) is 2.73. The van der Waals surface area contributed by atoms with Crippen molar-refractivity contribution >= 4 is 11.9 Å². The number of methoxy groups -OCH3 is 1. The van der Waals surface area contributed by atoms with Crippen LogP contribution in [-0.2, 0) is 4.74 Å². The van der Waals surface area contributed by atoms with Crippen LogP contribution in [0.1, 0.15) is 53.5 Å². The zero-order valence-corrected chi connectivity index (χ0v) is 11.4. The van der Waals surface area contributed by atoms with Gasteiger partial charge in [0.15, 0.2) is 0 Å². The van der Waals surface area contributed by atoms with Crippen molar-refractivity contribution in [3.05, 3.63) is 29.6 Å². The minimum absolute atomic E-state index is 0.215. The number of hydrogen-bond acceptors (Lipinski definition) is 4. The number of amides is 1. The standard InChI is InChI=1S/C14H20N2O3/c1-3-4-5-6-9-15-13(17)12-8-7-11(10-16-12)14(18)19-2/h7-8,10H,3-6,9H2,1-2H3,(H,15,17). The summed E-state index contributed by atoms with van der Waals surface area (Å²) in [4.78, 5) is 26.9. The minimum Gasteiger partial charge on any atom is -0.465 e. The highest BCUT2D eigenvalue weighted by Crippen LogP contribution is 2.02. The summed E-state index contributed by atoms with van der Waals surface area (Å²) in [5.74, 6) is -0.674. The molecule has 0 aliphatic heterocycles. The van der Waals surface area contributed by atoms with Crippen LogP contribution in [0.2, 0.25) is 0 Å². The molecule has 5 nitrogen and oxygen atoms in total. The molecule has 0 fully saturated rings. The molecule has 1 aromatic rings. The van der Waals surface area contributed by atoms with E-state index in [1.807, 2.05) is 0 Å². The second kappa shape index (κ2) is 8.24. The Bertz CT molecular complexity index is 415. The lowest BCUT2D eigenvalue weighted by Gasteiger charge is -2.05. The Kier molecular flexibility index (Phi) is 6.57. The van der Waals surface area contributed by atoms with Crippen LogP contribution in [0.3, 0.4) is 0 Å². The average molecular weight is 264 g/mol. The van der Waals surface area contributed by atoms with Gasteiger partial charge in [0.1, 0.15) is 5.69 Å². The molecular formula is C14H20N2O3. The van der Waals surface area contributed by atoms with Gasteiger partial charge < -0.3 is 10.1 Å². The van der Waals surface area contributed by atoms with Gasteiger partial charge in [0.25, 0.3) is 5.91 Å². The second-order valence-corrected chi connectivity index (χ2v) is 4.24. The fourth-order valence-corrected chi connectivity index (χ4v) is 1.61. The zero-order chi connectivity index (χ0) is 14.1. The Morgan fingerprint density at radius 2 is 2.05 bits per heavy atom. The van der Waals surface area contributed by atoms with Crippen LogP contribution in [0.15, 0.2) is 18.3 Å². The molecule has 0 aromatic carbocycles. The molecule has 1 aromatic heterocycles. The van der Waals surface area contributed by atoms with E-state index in [9.17, 15) is 9.59 Å². The molecule has 0 saturated carbocycles. The van der Waals surface area contributed by atoms with Crippen LogP contribution < -0.4 is 5.32 Å². The molecule has 0 radical (unpaired) electrons. The fourth-order valence-electron chi connectivity index (χ4n) is 1.61. The summed E-state index contributed by atoms with van der Waals surface area (Å²) >= 11 is 0. The number of ether oxygens (including phenoxy) is 1. The Hall–Kier alpha value is -1.91. The molecule has 0 saturated heterocycles. The number of nitrogens with one attached hydrogen (secondary N) is 1. The first kappa shape index (κ1) is 15.1. The predicted octanol–water partition coefficient (Wildman–Crippen LogP) is 2.18. The van der Waals surface area contributed by atoms with E-state index in [0.29, 0.717) is 17.8 Å². The maximum Gasteiger partial charge on any atom is 0.339 e. The summed E-state index contributed by atoms with van der Waals surface area (Å²) in [6.45, 7) is 2.80. The molecule has 1 N–H and O–H groups in total. The topological polar surface area (TPSA) is 68.3 Å². The molecule has 1 amide bonds. The molecule has 0 unspecified atom stereocenters. The van der Waals surface area contributed by atoms with E-state index in [0.717, 1.165) is 12.8 Å².